The smallest absolute Gasteiger partial charge is 0.153 e. The van der Waals surface area contributed by atoms with Gasteiger partial charge in [-0.15, -0.1) is 0 Å². The van der Waals surface area contributed by atoms with E-state index >= 15 is 0 Å². The zero-order chi connectivity index (χ0) is 14.1. The van der Waals surface area contributed by atoms with E-state index in [0.29, 0.717) is 5.82 Å². The van der Waals surface area contributed by atoms with E-state index in [1.54, 1.807) is 13.3 Å². The van der Waals surface area contributed by atoms with Gasteiger partial charge in [0.05, 0.1) is 24.6 Å². The number of nitrogens with two attached hydrogens (primary N) is 1. The molecule has 0 spiro atoms. The van der Waals surface area contributed by atoms with Crippen molar-refractivity contribution in [1.82, 2.24) is 20.4 Å². The number of benzene rings is 1. The van der Waals surface area contributed by atoms with E-state index in [2.05, 4.69) is 20.4 Å². The van der Waals surface area contributed by atoms with Crippen LogP contribution in [0.3, 0.4) is 0 Å². The van der Waals surface area contributed by atoms with Gasteiger partial charge in [-0.1, -0.05) is 12.1 Å². The molecule has 3 rings (SSSR count). The van der Waals surface area contributed by atoms with Gasteiger partial charge in [0.15, 0.2) is 5.82 Å². The van der Waals surface area contributed by atoms with Gasteiger partial charge < -0.3 is 10.5 Å². The maximum atomic E-state index is 6.00. The molecule has 0 amide bonds. The van der Waals surface area contributed by atoms with Gasteiger partial charge in [-0.3, -0.25) is 10.2 Å². The van der Waals surface area contributed by atoms with E-state index in [4.69, 9.17) is 10.5 Å². The summed E-state index contributed by atoms with van der Waals surface area (Å²) in [6.45, 7) is 1.96. The minimum Gasteiger partial charge on any atom is -0.497 e. The zero-order valence-corrected chi connectivity index (χ0v) is 11.3. The average Bonchev–Trinajstić information content (AvgIpc) is 3.05. The van der Waals surface area contributed by atoms with Gasteiger partial charge in [0.25, 0.3) is 0 Å². The molecule has 20 heavy (non-hydrogen) atoms. The van der Waals surface area contributed by atoms with Crippen LogP contribution < -0.4 is 10.5 Å². The summed E-state index contributed by atoms with van der Waals surface area (Å²) in [6, 6.07) is 7.71. The number of nitrogens with one attached hydrogen (secondary N) is 2. The van der Waals surface area contributed by atoms with Crippen molar-refractivity contribution in [3.8, 4) is 28.1 Å². The Morgan fingerprint density at radius 3 is 2.50 bits per heavy atom. The average molecular weight is 269 g/mol. The maximum absolute atomic E-state index is 6.00. The summed E-state index contributed by atoms with van der Waals surface area (Å²) < 4.78 is 5.17. The molecule has 6 heteroatoms. The summed E-state index contributed by atoms with van der Waals surface area (Å²) in [5.74, 6) is 1.27. The highest BCUT2D eigenvalue weighted by atomic mass is 16.5. The van der Waals surface area contributed by atoms with Crippen LogP contribution in [0.2, 0.25) is 0 Å². The van der Waals surface area contributed by atoms with Gasteiger partial charge in [0, 0.05) is 11.3 Å². The number of nitrogens with zero attached hydrogens (tertiary/aromatic N) is 2. The van der Waals surface area contributed by atoms with Gasteiger partial charge in [-0.2, -0.15) is 10.2 Å². The fourth-order valence-electron chi connectivity index (χ4n) is 2.20. The second kappa shape index (κ2) is 4.73. The monoisotopic (exact) mass is 269 g/mol. The molecule has 0 aliphatic rings. The second-order valence-corrected chi connectivity index (χ2v) is 4.50. The minimum atomic E-state index is 0.464. The normalized spacial score (nSPS) is 10.7. The molecular formula is C14H15N5O. The van der Waals surface area contributed by atoms with E-state index < -0.39 is 0 Å². The van der Waals surface area contributed by atoms with Crippen molar-refractivity contribution in [2.24, 2.45) is 0 Å². The number of hydrogen-bond donors (Lipinski definition) is 3. The summed E-state index contributed by atoms with van der Waals surface area (Å²) in [4.78, 5) is 0. The first-order valence-corrected chi connectivity index (χ1v) is 6.19. The Hall–Kier alpha value is -2.76. The quantitative estimate of drug-likeness (QED) is 0.680. The molecule has 0 unspecified atom stereocenters. The lowest BCUT2D eigenvalue weighted by molar-refractivity contribution is 0.415. The standard InChI is InChI=1S/C14H15N5O/c1-8-11(7-16-17-8)13-12(14(15)19-18-13)9-3-5-10(20-2)6-4-9/h3-7H,1-2H3,(H,16,17)(H3,15,18,19). The van der Waals surface area contributed by atoms with Crippen LogP contribution in [-0.4, -0.2) is 27.5 Å². The second-order valence-electron chi connectivity index (χ2n) is 4.50. The molecule has 2 aromatic heterocycles. The number of hydrogen-bond acceptors (Lipinski definition) is 4. The molecule has 102 valence electrons. The summed E-state index contributed by atoms with van der Waals surface area (Å²) in [6.07, 6.45) is 1.76. The number of anilines is 1. The predicted octanol–water partition coefficient (Wildman–Crippen LogP) is 2.37. The van der Waals surface area contributed by atoms with Crippen LogP contribution in [0.1, 0.15) is 5.69 Å². The molecule has 6 nitrogen and oxygen atoms in total. The van der Waals surface area contributed by atoms with Crippen molar-refractivity contribution in [2.45, 2.75) is 6.92 Å². The molecule has 4 N–H and O–H groups in total. The molecule has 0 aliphatic carbocycles. The Morgan fingerprint density at radius 2 is 1.90 bits per heavy atom. The molecule has 0 fully saturated rings. The van der Waals surface area contributed by atoms with Crippen LogP contribution in [0.5, 0.6) is 5.75 Å². The highest BCUT2D eigenvalue weighted by molar-refractivity contribution is 5.88. The first-order valence-electron chi connectivity index (χ1n) is 6.19. The van der Waals surface area contributed by atoms with Gasteiger partial charge >= 0.3 is 0 Å². The predicted molar refractivity (Wildman–Crippen MR) is 77.3 cm³/mol. The van der Waals surface area contributed by atoms with Crippen LogP contribution in [0.4, 0.5) is 5.82 Å². The van der Waals surface area contributed by atoms with Gasteiger partial charge in [-0.05, 0) is 24.6 Å². The Kier molecular flexibility index (Phi) is 2.90. The first-order chi connectivity index (χ1) is 9.70. The van der Waals surface area contributed by atoms with Crippen LogP contribution in [0.15, 0.2) is 30.5 Å². The number of methoxy groups -OCH3 is 1. The van der Waals surface area contributed by atoms with Crippen LogP contribution in [0, 0.1) is 6.92 Å². The van der Waals surface area contributed by atoms with Crippen LogP contribution in [0.25, 0.3) is 22.4 Å². The lowest BCUT2D eigenvalue weighted by atomic mass is 10.0. The van der Waals surface area contributed by atoms with Crippen molar-refractivity contribution in [3.63, 3.8) is 0 Å². The number of ether oxygens (including phenoxy) is 1. The maximum Gasteiger partial charge on any atom is 0.153 e. The van der Waals surface area contributed by atoms with E-state index in [1.807, 2.05) is 31.2 Å². The largest absolute Gasteiger partial charge is 0.497 e. The fraction of sp³-hybridized carbons (Fsp3) is 0.143. The molecule has 0 aliphatic heterocycles. The lowest BCUT2D eigenvalue weighted by Crippen LogP contribution is -1.89. The molecule has 0 atom stereocenters. The van der Waals surface area contributed by atoms with E-state index in [1.165, 1.54) is 0 Å². The molecule has 2 heterocycles. The van der Waals surface area contributed by atoms with Crippen molar-refractivity contribution in [2.75, 3.05) is 12.8 Å². The molecule has 1 aromatic carbocycles. The number of aryl methyl sites for hydroxylation is 1. The Morgan fingerprint density at radius 1 is 1.15 bits per heavy atom. The number of aromatic nitrogens is 4. The number of aromatic amines is 2. The molecule has 0 saturated carbocycles. The van der Waals surface area contributed by atoms with Crippen molar-refractivity contribution >= 4 is 5.82 Å². The van der Waals surface area contributed by atoms with Gasteiger partial charge in [0.2, 0.25) is 0 Å². The summed E-state index contributed by atoms with van der Waals surface area (Å²) >= 11 is 0. The van der Waals surface area contributed by atoms with Crippen LogP contribution >= 0.6 is 0 Å². The molecule has 0 bridgehead atoms. The Balaban J connectivity index is 2.13. The summed E-state index contributed by atoms with van der Waals surface area (Å²) in [5, 5.41) is 14.0. The lowest BCUT2D eigenvalue weighted by Gasteiger charge is -2.05. The van der Waals surface area contributed by atoms with Crippen LogP contribution in [-0.2, 0) is 0 Å². The van der Waals surface area contributed by atoms with E-state index in [0.717, 1.165) is 33.8 Å². The zero-order valence-electron chi connectivity index (χ0n) is 11.3. The number of H-pyrrole nitrogens is 2. The van der Waals surface area contributed by atoms with Crippen molar-refractivity contribution in [3.05, 3.63) is 36.2 Å². The summed E-state index contributed by atoms with van der Waals surface area (Å²) in [5.41, 5.74) is 10.6. The summed E-state index contributed by atoms with van der Waals surface area (Å²) in [7, 11) is 1.64. The molecule has 0 saturated heterocycles. The third-order valence-electron chi connectivity index (χ3n) is 3.27. The van der Waals surface area contributed by atoms with Crippen molar-refractivity contribution in [1.29, 1.82) is 0 Å². The van der Waals surface area contributed by atoms with E-state index in [-0.39, 0.29) is 0 Å². The first kappa shape index (κ1) is 12.3. The highest BCUT2D eigenvalue weighted by Gasteiger charge is 2.17. The SMILES string of the molecule is COc1ccc(-c2c(N)n[nH]c2-c2cn[nH]c2C)cc1. The number of rotatable bonds is 3. The Labute approximate surface area is 116 Å². The molecular weight excluding hydrogens is 254 g/mol. The minimum absolute atomic E-state index is 0.464. The number of nitrogen functional groups attached to an aromatic ring is 1. The topological polar surface area (TPSA) is 92.6 Å². The van der Waals surface area contributed by atoms with Crippen molar-refractivity contribution < 1.29 is 4.74 Å². The molecule has 3 aromatic rings. The third-order valence-corrected chi connectivity index (χ3v) is 3.27. The fourth-order valence-corrected chi connectivity index (χ4v) is 2.20. The van der Waals surface area contributed by atoms with Gasteiger partial charge in [-0.25, -0.2) is 0 Å². The van der Waals surface area contributed by atoms with E-state index in [9.17, 15) is 0 Å². The van der Waals surface area contributed by atoms with Gasteiger partial charge in [0.1, 0.15) is 5.75 Å². The molecule has 0 radical (unpaired) electrons. The Bertz CT molecular complexity index is 726. The highest BCUT2D eigenvalue weighted by Crippen LogP contribution is 2.35. The third kappa shape index (κ3) is 1.91.